The van der Waals surface area contributed by atoms with Crippen LogP contribution >= 0.6 is 0 Å². The first-order valence-electron chi connectivity index (χ1n) is 16.4. The average Bonchev–Trinajstić information content (AvgIpc) is 3.69. The first kappa shape index (κ1) is 34.5. The highest BCUT2D eigenvalue weighted by molar-refractivity contribution is 5.89. The van der Waals surface area contributed by atoms with Crippen molar-refractivity contribution in [3.63, 3.8) is 0 Å². The predicted molar refractivity (Wildman–Crippen MR) is 175 cm³/mol. The quantitative estimate of drug-likeness (QED) is 0.291. The second-order valence-corrected chi connectivity index (χ2v) is 13.2. The lowest BCUT2D eigenvalue weighted by Gasteiger charge is -2.35. The number of anilines is 2. The first-order valence-corrected chi connectivity index (χ1v) is 16.4. The van der Waals surface area contributed by atoms with E-state index in [2.05, 4.69) is 4.98 Å². The Balaban J connectivity index is 1.33. The van der Waals surface area contributed by atoms with Crippen molar-refractivity contribution in [2.24, 2.45) is 11.8 Å². The van der Waals surface area contributed by atoms with Crippen LogP contribution in [0.2, 0.25) is 0 Å². The van der Waals surface area contributed by atoms with Crippen LogP contribution in [0.25, 0.3) is 0 Å². The highest BCUT2D eigenvalue weighted by atomic mass is 19.4. The Morgan fingerprint density at radius 2 is 1.65 bits per heavy atom. The number of hydrogen-bond donors (Lipinski definition) is 1. The second-order valence-electron chi connectivity index (χ2n) is 13.2. The maximum absolute atomic E-state index is 17.6. The van der Waals surface area contributed by atoms with Crippen molar-refractivity contribution in [1.29, 1.82) is 0 Å². The number of hydrogen-bond acceptors (Lipinski definition) is 7. The summed E-state index contributed by atoms with van der Waals surface area (Å²) in [5.74, 6) is -3.13. The van der Waals surface area contributed by atoms with Crippen LogP contribution in [0.4, 0.5) is 28.9 Å². The summed E-state index contributed by atoms with van der Waals surface area (Å²) >= 11 is 0. The topological polar surface area (TPSA) is 95.4 Å². The number of aromatic nitrogens is 1. The zero-order chi connectivity index (χ0) is 34.9. The predicted octanol–water partition coefficient (Wildman–Crippen LogP) is 5.61. The molecule has 4 atom stereocenters. The molecule has 2 aromatic carbocycles. The van der Waals surface area contributed by atoms with Gasteiger partial charge in [-0.25, -0.2) is 4.39 Å². The summed E-state index contributed by atoms with van der Waals surface area (Å²) in [7, 11) is 3.06. The summed E-state index contributed by atoms with van der Waals surface area (Å²) in [5.41, 5.74) is -0.788. The van der Waals surface area contributed by atoms with Crippen LogP contribution in [0, 0.1) is 11.8 Å². The largest absolute Gasteiger partial charge is 0.497 e. The molecule has 1 N–H and O–H groups in total. The first-order chi connectivity index (χ1) is 23.4. The number of nitrogens with zero attached hydrogens (tertiary/aromatic N) is 4. The number of rotatable bonds is 9. The van der Waals surface area contributed by atoms with Crippen molar-refractivity contribution >= 4 is 23.3 Å². The van der Waals surface area contributed by atoms with Crippen LogP contribution in [-0.4, -0.2) is 92.6 Å². The van der Waals surface area contributed by atoms with Gasteiger partial charge in [0.05, 0.1) is 31.7 Å². The minimum atomic E-state index is -4.59. The molecule has 1 aromatic heterocycles. The van der Waals surface area contributed by atoms with Gasteiger partial charge in [0.15, 0.2) is 0 Å². The molecule has 3 fully saturated rings. The summed E-state index contributed by atoms with van der Waals surface area (Å²) in [6.07, 6.45) is -0.760. The monoisotopic (exact) mass is 684 g/mol. The third kappa shape index (κ3) is 6.90. The Morgan fingerprint density at radius 1 is 0.959 bits per heavy atom. The van der Waals surface area contributed by atoms with Gasteiger partial charge in [0.25, 0.3) is 5.91 Å². The zero-order valence-corrected chi connectivity index (χ0v) is 27.4. The number of halogens is 4. The molecule has 0 aliphatic carbocycles. The van der Waals surface area contributed by atoms with Gasteiger partial charge in [-0.1, -0.05) is 18.2 Å². The molecule has 262 valence electrons. The number of carboxylic acid groups (broad SMARTS) is 1. The van der Waals surface area contributed by atoms with Crippen LogP contribution in [0.3, 0.4) is 0 Å². The van der Waals surface area contributed by atoms with Crippen LogP contribution in [0.1, 0.15) is 41.4 Å². The molecule has 3 aromatic rings. The molecule has 6 rings (SSSR count). The number of pyridine rings is 1. The van der Waals surface area contributed by atoms with Gasteiger partial charge in [0.1, 0.15) is 5.75 Å². The number of carboxylic acids is 1. The maximum atomic E-state index is 17.6. The van der Waals surface area contributed by atoms with E-state index < -0.39 is 47.0 Å². The molecular formula is C36H40F4N4O5. The van der Waals surface area contributed by atoms with Crippen LogP contribution in [0.15, 0.2) is 67.0 Å². The summed E-state index contributed by atoms with van der Waals surface area (Å²) in [6.45, 7) is 1.07. The number of carbonyl (C=O) groups is 2. The lowest BCUT2D eigenvalue weighted by atomic mass is 9.85. The fourth-order valence-corrected chi connectivity index (χ4v) is 7.70. The molecule has 3 aliphatic heterocycles. The molecule has 49 heavy (non-hydrogen) atoms. The lowest BCUT2D eigenvalue weighted by Crippen LogP contribution is -2.50. The number of aliphatic carboxylic acids is 1. The molecule has 1 amide bonds. The molecule has 0 bridgehead atoms. The van der Waals surface area contributed by atoms with Crippen molar-refractivity contribution in [3.05, 3.63) is 83.7 Å². The molecule has 4 heterocycles. The van der Waals surface area contributed by atoms with Gasteiger partial charge in [-0.2, -0.15) is 13.2 Å². The molecule has 0 unspecified atom stereocenters. The minimum absolute atomic E-state index is 0.0904. The second kappa shape index (κ2) is 13.9. The molecule has 0 radical (unpaired) electrons. The number of methoxy groups -OCH3 is 2. The van der Waals surface area contributed by atoms with Gasteiger partial charge in [-0.15, -0.1) is 0 Å². The molecular weight excluding hydrogens is 644 g/mol. The molecule has 0 spiro atoms. The Kier molecular flexibility index (Phi) is 9.74. The van der Waals surface area contributed by atoms with E-state index in [1.165, 1.54) is 18.1 Å². The van der Waals surface area contributed by atoms with E-state index in [4.69, 9.17) is 9.47 Å². The third-order valence-electron chi connectivity index (χ3n) is 10.3. The minimum Gasteiger partial charge on any atom is -0.497 e. The number of benzene rings is 2. The number of alkyl halides is 4. The number of piperidine rings is 1. The summed E-state index contributed by atoms with van der Waals surface area (Å²) in [5, 5.41) is 9.49. The third-order valence-corrected chi connectivity index (χ3v) is 10.3. The van der Waals surface area contributed by atoms with Crippen molar-refractivity contribution < 1.29 is 41.7 Å². The van der Waals surface area contributed by atoms with Crippen molar-refractivity contribution in [2.45, 2.75) is 36.5 Å². The smallest absolute Gasteiger partial charge is 0.416 e. The van der Waals surface area contributed by atoms with Crippen LogP contribution in [0.5, 0.6) is 5.75 Å². The summed E-state index contributed by atoms with van der Waals surface area (Å²) < 4.78 is 70.3. The van der Waals surface area contributed by atoms with Gasteiger partial charge in [0.2, 0.25) is 5.67 Å². The van der Waals surface area contributed by atoms with E-state index in [1.807, 2.05) is 4.90 Å². The lowest BCUT2D eigenvalue weighted by molar-refractivity contribution is -0.143. The SMILES string of the molecule is COC[C@H]1CN(C(=O)[C@]2(F)CN(c3ccncc3)C[C@H]2c2ccc(OC)cc2)C[C@@H]1c1ccc(C(F)(F)F)cc1N1CCC(C(=O)O)CC1. The Hall–Kier alpha value is -4.39. The Morgan fingerprint density at radius 3 is 2.27 bits per heavy atom. The molecule has 3 saturated heterocycles. The van der Waals surface area contributed by atoms with E-state index in [9.17, 15) is 27.9 Å². The van der Waals surface area contributed by atoms with E-state index >= 15 is 4.39 Å². The van der Waals surface area contributed by atoms with Gasteiger partial charge in [0, 0.05) is 81.4 Å². The number of amides is 1. The summed E-state index contributed by atoms with van der Waals surface area (Å²) in [6, 6.07) is 14.2. The van der Waals surface area contributed by atoms with Gasteiger partial charge in [-0.3, -0.25) is 14.6 Å². The fraction of sp³-hybridized carbons (Fsp3) is 0.472. The highest BCUT2D eigenvalue weighted by Crippen LogP contribution is 2.46. The normalized spacial score (nSPS) is 24.8. The van der Waals surface area contributed by atoms with E-state index in [1.54, 1.807) is 60.8 Å². The fourth-order valence-electron chi connectivity index (χ4n) is 7.70. The van der Waals surface area contributed by atoms with Crippen LogP contribution < -0.4 is 14.5 Å². The van der Waals surface area contributed by atoms with E-state index in [-0.39, 0.29) is 51.8 Å². The van der Waals surface area contributed by atoms with Gasteiger partial charge in [-0.05, 0) is 60.4 Å². The van der Waals surface area contributed by atoms with Crippen LogP contribution in [-0.2, 0) is 20.5 Å². The van der Waals surface area contributed by atoms with E-state index in [0.717, 1.165) is 17.8 Å². The number of ether oxygens (including phenoxy) is 2. The van der Waals surface area contributed by atoms with Gasteiger partial charge >= 0.3 is 12.1 Å². The number of likely N-dealkylation sites (tertiary alicyclic amines) is 1. The van der Waals surface area contributed by atoms with Crippen molar-refractivity contribution in [2.75, 3.05) is 69.9 Å². The molecule has 3 aliphatic rings. The standard InChI is InChI=1S/C36H40F4N4O5/c1-48-21-25-18-43(19-30(25)29-8-5-26(36(38,39)40)17-32(29)42-15-11-24(12-16-42)33(45)46)34(47)35(37)22-44(27-9-13-41-14-10-27)20-31(35)23-3-6-28(49-2)7-4-23/h3-10,13-14,17,24-25,30-31H,11-12,15-16,18-22H2,1-2H3,(H,45,46)/t25-,30+,31+,35+/m1/s1. The van der Waals surface area contributed by atoms with E-state index in [0.29, 0.717) is 35.4 Å². The molecule has 0 saturated carbocycles. The zero-order valence-electron chi connectivity index (χ0n) is 27.4. The average molecular weight is 685 g/mol. The number of carbonyl (C=O) groups excluding carboxylic acids is 1. The van der Waals surface area contributed by atoms with Crippen molar-refractivity contribution in [3.8, 4) is 5.75 Å². The Bertz CT molecular complexity index is 1630. The summed E-state index contributed by atoms with van der Waals surface area (Å²) in [4.78, 5) is 35.3. The Labute approximate surface area is 282 Å². The van der Waals surface area contributed by atoms with Gasteiger partial charge < -0.3 is 29.3 Å². The maximum Gasteiger partial charge on any atom is 0.416 e. The van der Waals surface area contributed by atoms with Crippen molar-refractivity contribution in [1.82, 2.24) is 9.88 Å². The molecule has 13 heteroatoms. The highest BCUT2D eigenvalue weighted by Gasteiger charge is 2.57. The molecule has 9 nitrogen and oxygen atoms in total.